The highest BCUT2D eigenvalue weighted by molar-refractivity contribution is 7.14. The van der Waals surface area contributed by atoms with Crippen LogP contribution in [0.5, 0.6) is 5.75 Å². The Morgan fingerprint density at radius 1 is 1.35 bits per heavy atom. The van der Waals surface area contributed by atoms with Crippen LogP contribution in [0.15, 0.2) is 36.5 Å². The second kappa shape index (κ2) is 4.91. The molecule has 20 heavy (non-hydrogen) atoms. The van der Waals surface area contributed by atoms with Crippen LogP contribution in [0.2, 0.25) is 0 Å². The van der Waals surface area contributed by atoms with E-state index in [1.807, 2.05) is 12.1 Å². The average molecular weight is 284 g/mol. The molecule has 0 saturated heterocycles. The molecule has 0 radical (unpaired) electrons. The number of hydrogen-bond acceptors (Lipinski definition) is 4. The summed E-state index contributed by atoms with van der Waals surface area (Å²) in [5.41, 5.74) is 1.96. The zero-order valence-corrected chi connectivity index (χ0v) is 11.4. The molecule has 98 valence electrons. The molecule has 0 amide bonds. The van der Waals surface area contributed by atoms with Gasteiger partial charge in [-0.1, -0.05) is 18.2 Å². The second-order valence-corrected chi connectivity index (χ2v) is 4.96. The first-order valence-corrected chi connectivity index (χ1v) is 6.64. The number of hydrogen-bond donors (Lipinski definition) is 0. The van der Waals surface area contributed by atoms with Gasteiger partial charge in [0.25, 0.3) is 0 Å². The molecule has 0 aliphatic heterocycles. The Labute approximate surface area is 119 Å². The number of ether oxygens (including phenoxy) is 1. The van der Waals surface area contributed by atoms with Crippen molar-refractivity contribution in [2.24, 2.45) is 0 Å². The van der Waals surface area contributed by atoms with E-state index in [1.54, 1.807) is 12.1 Å². The number of halogens is 1. The predicted molar refractivity (Wildman–Crippen MR) is 76.3 cm³/mol. The van der Waals surface area contributed by atoms with Crippen molar-refractivity contribution in [1.82, 2.24) is 4.37 Å². The van der Waals surface area contributed by atoms with Crippen LogP contribution in [-0.4, -0.2) is 11.5 Å². The minimum Gasteiger partial charge on any atom is -0.496 e. The molecule has 0 N–H and O–H groups in total. The van der Waals surface area contributed by atoms with Crippen LogP contribution < -0.4 is 4.74 Å². The van der Waals surface area contributed by atoms with Gasteiger partial charge in [-0.25, -0.2) is 4.39 Å². The maximum atomic E-state index is 14.0. The van der Waals surface area contributed by atoms with E-state index < -0.39 is 0 Å². The molecule has 1 aromatic heterocycles. The molecule has 0 fully saturated rings. The maximum Gasteiger partial charge on any atom is 0.137 e. The molecule has 0 aliphatic carbocycles. The Morgan fingerprint density at radius 2 is 2.15 bits per heavy atom. The topological polar surface area (TPSA) is 45.9 Å². The van der Waals surface area contributed by atoms with Crippen LogP contribution in [0.3, 0.4) is 0 Å². The van der Waals surface area contributed by atoms with Crippen molar-refractivity contribution in [2.75, 3.05) is 7.11 Å². The van der Waals surface area contributed by atoms with Crippen molar-refractivity contribution in [1.29, 1.82) is 5.26 Å². The van der Waals surface area contributed by atoms with Gasteiger partial charge in [-0.15, -0.1) is 0 Å². The van der Waals surface area contributed by atoms with E-state index in [1.165, 1.54) is 30.9 Å². The molecule has 1 heterocycles. The summed E-state index contributed by atoms with van der Waals surface area (Å²) >= 11 is 1.19. The summed E-state index contributed by atoms with van der Waals surface area (Å²) < 4.78 is 24.0. The van der Waals surface area contributed by atoms with Crippen LogP contribution in [0.1, 0.15) is 5.56 Å². The monoisotopic (exact) mass is 284 g/mol. The third-order valence-electron chi connectivity index (χ3n) is 3.10. The first kappa shape index (κ1) is 12.6. The van der Waals surface area contributed by atoms with Crippen LogP contribution in [0.25, 0.3) is 21.2 Å². The van der Waals surface area contributed by atoms with Crippen molar-refractivity contribution in [3.05, 3.63) is 47.9 Å². The highest BCUT2D eigenvalue weighted by Crippen LogP contribution is 2.41. The van der Waals surface area contributed by atoms with Gasteiger partial charge in [-0.2, -0.15) is 9.64 Å². The number of nitrogens with zero attached hydrogens (tertiary/aromatic N) is 2. The molecule has 0 spiro atoms. The fourth-order valence-corrected chi connectivity index (χ4v) is 3.00. The van der Waals surface area contributed by atoms with Crippen molar-refractivity contribution < 1.29 is 9.13 Å². The molecule has 5 heteroatoms. The second-order valence-electron chi connectivity index (χ2n) is 4.16. The van der Waals surface area contributed by atoms with Crippen molar-refractivity contribution >= 4 is 21.6 Å². The Kier molecular flexibility index (Phi) is 3.09. The van der Waals surface area contributed by atoms with Gasteiger partial charge in [-0.3, -0.25) is 0 Å². The van der Waals surface area contributed by atoms with E-state index >= 15 is 0 Å². The van der Waals surface area contributed by atoms with E-state index in [2.05, 4.69) is 10.4 Å². The summed E-state index contributed by atoms with van der Waals surface area (Å²) in [4.78, 5) is 0. The lowest BCUT2D eigenvalue weighted by Crippen LogP contribution is -1.92. The first-order chi connectivity index (χ1) is 9.76. The lowest BCUT2D eigenvalue weighted by atomic mass is 9.98. The molecule has 0 aliphatic rings. The van der Waals surface area contributed by atoms with Crippen LogP contribution in [-0.2, 0) is 0 Å². The summed E-state index contributed by atoms with van der Waals surface area (Å²) in [6.45, 7) is 0. The van der Waals surface area contributed by atoms with Gasteiger partial charge in [0.05, 0.1) is 29.6 Å². The van der Waals surface area contributed by atoms with E-state index in [-0.39, 0.29) is 5.82 Å². The zero-order valence-electron chi connectivity index (χ0n) is 10.6. The van der Waals surface area contributed by atoms with Gasteiger partial charge >= 0.3 is 0 Å². The normalized spacial score (nSPS) is 10.4. The minimum absolute atomic E-state index is 0.371. The molecule has 3 rings (SSSR count). The molecular formula is C15H9FN2OS. The number of fused-ring (bicyclic) bond motifs is 1. The molecule has 3 aromatic rings. The molecule has 3 nitrogen and oxygen atoms in total. The number of aromatic nitrogens is 1. The van der Waals surface area contributed by atoms with E-state index in [9.17, 15) is 9.65 Å². The van der Waals surface area contributed by atoms with Crippen LogP contribution in [0, 0.1) is 17.1 Å². The number of nitriles is 1. The lowest BCUT2D eigenvalue weighted by molar-refractivity contribution is 0.414. The Morgan fingerprint density at radius 3 is 2.90 bits per heavy atom. The number of methoxy groups -OCH3 is 1. The quantitative estimate of drug-likeness (QED) is 0.715. The van der Waals surface area contributed by atoms with Gasteiger partial charge in [0.1, 0.15) is 11.6 Å². The number of benzene rings is 2. The van der Waals surface area contributed by atoms with Gasteiger partial charge in [0, 0.05) is 22.6 Å². The standard InChI is InChI=1S/C15H9FN2OS/c1-19-13-6-12(16)11-8-18-20-15(11)14(13)10-5-3-2-4-9(10)7-17/h2-6,8H,1H3. The zero-order chi connectivity index (χ0) is 14.1. The summed E-state index contributed by atoms with van der Waals surface area (Å²) in [6.07, 6.45) is 1.49. The molecule has 0 saturated carbocycles. The van der Waals surface area contributed by atoms with Gasteiger partial charge < -0.3 is 4.74 Å². The summed E-state index contributed by atoms with van der Waals surface area (Å²) in [5, 5.41) is 9.69. The van der Waals surface area contributed by atoms with Gasteiger partial charge in [0.2, 0.25) is 0 Å². The molecule has 0 bridgehead atoms. The highest BCUT2D eigenvalue weighted by Gasteiger charge is 2.18. The summed E-state index contributed by atoms with van der Waals surface area (Å²) in [6, 6.07) is 10.7. The molecule has 0 unspecified atom stereocenters. The van der Waals surface area contributed by atoms with E-state index in [0.29, 0.717) is 27.0 Å². The third kappa shape index (κ3) is 1.82. The van der Waals surface area contributed by atoms with Crippen LogP contribution in [0.4, 0.5) is 4.39 Å². The molecule has 0 atom stereocenters. The number of rotatable bonds is 2. The molecule has 2 aromatic carbocycles. The van der Waals surface area contributed by atoms with E-state index in [4.69, 9.17) is 4.74 Å². The predicted octanol–water partition coefficient (Wildman–Crippen LogP) is 3.98. The fraction of sp³-hybridized carbons (Fsp3) is 0.0667. The highest BCUT2D eigenvalue weighted by atomic mass is 32.1. The lowest BCUT2D eigenvalue weighted by Gasteiger charge is -2.11. The van der Waals surface area contributed by atoms with Gasteiger partial charge in [0.15, 0.2) is 0 Å². The van der Waals surface area contributed by atoms with Crippen molar-refractivity contribution in [3.8, 4) is 22.9 Å². The van der Waals surface area contributed by atoms with Crippen molar-refractivity contribution in [3.63, 3.8) is 0 Å². The minimum atomic E-state index is -0.371. The van der Waals surface area contributed by atoms with Gasteiger partial charge in [-0.05, 0) is 17.6 Å². The SMILES string of the molecule is COc1cc(F)c2cnsc2c1-c1ccccc1C#N. The van der Waals surface area contributed by atoms with E-state index in [0.717, 1.165) is 5.56 Å². The Balaban J connectivity index is 2.44. The summed E-state index contributed by atoms with van der Waals surface area (Å²) in [5.74, 6) is 0.0331. The third-order valence-corrected chi connectivity index (χ3v) is 3.91. The Hall–Kier alpha value is -2.45. The smallest absolute Gasteiger partial charge is 0.137 e. The fourth-order valence-electron chi connectivity index (χ4n) is 2.18. The largest absolute Gasteiger partial charge is 0.496 e. The maximum absolute atomic E-state index is 14.0. The van der Waals surface area contributed by atoms with Crippen molar-refractivity contribution in [2.45, 2.75) is 0 Å². The average Bonchev–Trinajstić information content (AvgIpc) is 2.97. The van der Waals surface area contributed by atoms with Crippen LogP contribution >= 0.6 is 11.5 Å². The summed E-state index contributed by atoms with van der Waals surface area (Å²) in [7, 11) is 1.49. The molecular weight excluding hydrogens is 275 g/mol. The first-order valence-electron chi connectivity index (χ1n) is 5.86. The Bertz CT molecular complexity index is 835.